The van der Waals surface area contributed by atoms with Crippen molar-refractivity contribution in [2.45, 2.75) is 91.4 Å². The van der Waals surface area contributed by atoms with Crippen molar-refractivity contribution >= 4 is 6.09 Å². The summed E-state index contributed by atoms with van der Waals surface area (Å²) < 4.78 is 5.25. The number of aliphatic hydroxyl groups is 1. The largest absolute Gasteiger partial charge is 0.444 e. The molecule has 120 valence electrons. The lowest BCUT2D eigenvalue weighted by Crippen LogP contribution is -2.48. The summed E-state index contributed by atoms with van der Waals surface area (Å²) in [4.78, 5) is 11.8. The van der Waals surface area contributed by atoms with Gasteiger partial charge in [-0.2, -0.15) is 0 Å². The molecule has 2 N–H and O–H groups in total. The Hall–Kier alpha value is -0.770. The summed E-state index contributed by atoms with van der Waals surface area (Å²) in [6.45, 7) is 11.7. The predicted molar refractivity (Wildman–Crippen MR) is 82.8 cm³/mol. The fraction of sp³-hybridized carbons (Fsp3) is 0.938. The van der Waals surface area contributed by atoms with E-state index in [4.69, 9.17) is 4.74 Å². The van der Waals surface area contributed by atoms with Crippen LogP contribution in [0.1, 0.15) is 73.6 Å². The average Bonchev–Trinajstić information content (AvgIpc) is 2.28. The van der Waals surface area contributed by atoms with Crippen molar-refractivity contribution in [2.24, 2.45) is 5.92 Å². The lowest BCUT2D eigenvalue weighted by atomic mass is 9.94. The van der Waals surface area contributed by atoms with E-state index in [0.29, 0.717) is 0 Å². The standard InChI is InChI=1S/C16H33NO3/c1-7-8-9-10-11-13(18)14(12(2)3)17-15(19)20-16(4,5)6/h12-14,18H,7-11H2,1-6H3,(H,17,19). The Bertz CT molecular complexity index is 271. The summed E-state index contributed by atoms with van der Waals surface area (Å²) in [6.07, 6.45) is 4.25. The molecule has 0 rings (SSSR count). The molecule has 0 aliphatic rings. The van der Waals surface area contributed by atoms with E-state index < -0.39 is 17.8 Å². The Labute approximate surface area is 124 Å². The van der Waals surface area contributed by atoms with E-state index in [2.05, 4.69) is 12.2 Å². The number of unbranched alkanes of at least 4 members (excludes halogenated alkanes) is 3. The van der Waals surface area contributed by atoms with Gasteiger partial charge in [0, 0.05) is 0 Å². The molecule has 0 saturated carbocycles. The van der Waals surface area contributed by atoms with Crippen LogP contribution in [0.15, 0.2) is 0 Å². The Balaban J connectivity index is 4.30. The molecule has 0 spiro atoms. The first-order valence-electron chi connectivity index (χ1n) is 7.85. The van der Waals surface area contributed by atoms with Crippen molar-refractivity contribution in [3.05, 3.63) is 0 Å². The van der Waals surface area contributed by atoms with Crippen molar-refractivity contribution in [2.75, 3.05) is 0 Å². The highest BCUT2D eigenvalue weighted by molar-refractivity contribution is 5.68. The topological polar surface area (TPSA) is 58.6 Å². The molecule has 0 saturated heterocycles. The number of hydrogen-bond donors (Lipinski definition) is 2. The second-order valence-electron chi connectivity index (χ2n) is 6.83. The van der Waals surface area contributed by atoms with Gasteiger partial charge in [-0.15, -0.1) is 0 Å². The monoisotopic (exact) mass is 287 g/mol. The minimum Gasteiger partial charge on any atom is -0.444 e. The summed E-state index contributed by atoms with van der Waals surface area (Å²) in [6, 6.07) is -0.258. The first kappa shape index (κ1) is 19.2. The Morgan fingerprint density at radius 1 is 1.20 bits per heavy atom. The number of aliphatic hydroxyl groups excluding tert-OH is 1. The molecule has 0 aliphatic heterocycles. The zero-order valence-corrected chi connectivity index (χ0v) is 14.0. The maximum absolute atomic E-state index is 11.8. The molecule has 0 heterocycles. The zero-order valence-electron chi connectivity index (χ0n) is 14.0. The van der Waals surface area contributed by atoms with E-state index in [1.807, 2.05) is 34.6 Å². The number of alkyl carbamates (subject to hydrolysis) is 1. The number of carbonyl (C=O) groups is 1. The van der Waals surface area contributed by atoms with Gasteiger partial charge in [-0.3, -0.25) is 0 Å². The lowest BCUT2D eigenvalue weighted by molar-refractivity contribution is 0.0359. The minimum atomic E-state index is -0.516. The van der Waals surface area contributed by atoms with Gasteiger partial charge in [0.2, 0.25) is 0 Å². The van der Waals surface area contributed by atoms with Crippen LogP contribution in [0.5, 0.6) is 0 Å². The van der Waals surface area contributed by atoms with Gasteiger partial charge < -0.3 is 15.2 Å². The molecule has 0 aliphatic carbocycles. The van der Waals surface area contributed by atoms with Crippen LogP contribution in [0.3, 0.4) is 0 Å². The third-order valence-electron chi connectivity index (χ3n) is 3.17. The molecular weight excluding hydrogens is 254 g/mol. The highest BCUT2D eigenvalue weighted by Crippen LogP contribution is 2.15. The maximum atomic E-state index is 11.8. The average molecular weight is 287 g/mol. The molecule has 4 nitrogen and oxygen atoms in total. The number of ether oxygens (including phenoxy) is 1. The van der Waals surface area contributed by atoms with Gasteiger partial charge in [0.1, 0.15) is 5.60 Å². The summed E-state index contributed by atoms with van der Waals surface area (Å²) in [5.74, 6) is 0.170. The van der Waals surface area contributed by atoms with Crippen molar-refractivity contribution in [3.8, 4) is 0 Å². The highest BCUT2D eigenvalue weighted by atomic mass is 16.6. The Morgan fingerprint density at radius 3 is 2.25 bits per heavy atom. The molecule has 4 heteroatoms. The summed E-state index contributed by atoms with van der Waals surface area (Å²) in [7, 11) is 0. The van der Waals surface area contributed by atoms with E-state index in [-0.39, 0.29) is 12.0 Å². The SMILES string of the molecule is CCCCCCC(O)C(NC(=O)OC(C)(C)C)C(C)C. The van der Waals surface area contributed by atoms with Gasteiger partial charge in [0.05, 0.1) is 12.1 Å². The fourth-order valence-corrected chi connectivity index (χ4v) is 2.11. The molecule has 2 unspecified atom stereocenters. The fourth-order valence-electron chi connectivity index (χ4n) is 2.11. The molecule has 20 heavy (non-hydrogen) atoms. The van der Waals surface area contributed by atoms with Gasteiger partial charge in [0.25, 0.3) is 0 Å². The lowest BCUT2D eigenvalue weighted by Gasteiger charge is -2.29. The van der Waals surface area contributed by atoms with E-state index in [1.165, 1.54) is 12.8 Å². The van der Waals surface area contributed by atoms with Crippen molar-refractivity contribution < 1.29 is 14.6 Å². The van der Waals surface area contributed by atoms with Crippen LogP contribution in [-0.4, -0.2) is 28.9 Å². The van der Waals surface area contributed by atoms with E-state index in [0.717, 1.165) is 19.3 Å². The Kier molecular flexibility index (Phi) is 8.86. The first-order valence-corrected chi connectivity index (χ1v) is 7.85. The number of rotatable bonds is 8. The molecule has 0 aromatic rings. The van der Waals surface area contributed by atoms with Crippen molar-refractivity contribution in [3.63, 3.8) is 0 Å². The van der Waals surface area contributed by atoms with Crippen molar-refractivity contribution in [1.29, 1.82) is 0 Å². The van der Waals surface area contributed by atoms with Crippen LogP contribution in [0.4, 0.5) is 4.79 Å². The van der Waals surface area contributed by atoms with Gasteiger partial charge in [-0.1, -0.05) is 46.5 Å². The minimum absolute atomic E-state index is 0.170. The highest BCUT2D eigenvalue weighted by Gasteiger charge is 2.26. The number of carbonyl (C=O) groups excluding carboxylic acids is 1. The molecule has 0 aromatic carbocycles. The normalized spacial score (nSPS) is 15.0. The quantitative estimate of drug-likeness (QED) is 0.666. The van der Waals surface area contributed by atoms with Gasteiger partial charge in [0.15, 0.2) is 0 Å². The second kappa shape index (κ2) is 9.22. The van der Waals surface area contributed by atoms with Crippen LogP contribution in [-0.2, 0) is 4.74 Å². The molecule has 1 amide bonds. The van der Waals surface area contributed by atoms with Crippen LogP contribution in [0, 0.1) is 5.92 Å². The molecule has 0 radical (unpaired) electrons. The van der Waals surface area contributed by atoms with Gasteiger partial charge >= 0.3 is 6.09 Å². The molecule has 0 aromatic heterocycles. The number of hydrogen-bond acceptors (Lipinski definition) is 3. The van der Waals surface area contributed by atoms with E-state index in [9.17, 15) is 9.90 Å². The first-order chi connectivity index (χ1) is 9.17. The summed E-state index contributed by atoms with van der Waals surface area (Å²) in [5, 5.41) is 13.1. The molecule has 0 fully saturated rings. The predicted octanol–water partition coefficient (Wildman–Crippen LogP) is 3.87. The zero-order chi connectivity index (χ0) is 15.8. The third kappa shape index (κ3) is 9.18. The maximum Gasteiger partial charge on any atom is 0.407 e. The van der Waals surface area contributed by atoms with Gasteiger partial charge in [-0.25, -0.2) is 4.79 Å². The second-order valence-corrected chi connectivity index (χ2v) is 6.83. The van der Waals surface area contributed by atoms with Crippen LogP contribution in [0.2, 0.25) is 0 Å². The van der Waals surface area contributed by atoms with E-state index >= 15 is 0 Å². The van der Waals surface area contributed by atoms with E-state index in [1.54, 1.807) is 0 Å². The van der Waals surface area contributed by atoms with Crippen LogP contribution < -0.4 is 5.32 Å². The number of nitrogens with one attached hydrogen (secondary N) is 1. The molecular formula is C16H33NO3. The van der Waals surface area contributed by atoms with Crippen LogP contribution >= 0.6 is 0 Å². The summed E-state index contributed by atoms with van der Waals surface area (Å²) >= 11 is 0. The molecule has 0 bridgehead atoms. The van der Waals surface area contributed by atoms with Crippen LogP contribution in [0.25, 0.3) is 0 Å². The third-order valence-corrected chi connectivity index (χ3v) is 3.17. The van der Waals surface area contributed by atoms with Crippen molar-refractivity contribution in [1.82, 2.24) is 5.32 Å². The molecule has 2 atom stereocenters. The Morgan fingerprint density at radius 2 is 1.80 bits per heavy atom. The smallest absolute Gasteiger partial charge is 0.407 e. The summed E-state index contributed by atoms with van der Waals surface area (Å²) in [5.41, 5.74) is -0.516. The number of amides is 1. The van der Waals surface area contributed by atoms with Gasteiger partial charge in [-0.05, 0) is 33.1 Å².